The average Bonchev–Trinajstić information content (AvgIpc) is 3.26. The minimum atomic E-state index is 0.312. The molecule has 0 aromatic heterocycles. The summed E-state index contributed by atoms with van der Waals surface area (Å²) in [7, 11) is 4.27. The van der Waals surface area contributed by atoms with Gasteiger partial charge in [-0.05, 0) is 45.8 Å². The maximum atomic E-state index is 13.1. The molecule has 4 nitrogen and oxygen atoms in total. The van der Waals surface area contributed by atoms with Crippen LogP contribution in [0, 0.1) is 6.92 Å². The van der Waals surface area contributed by atoms with Crippen LogP contribution in [0.15, 0.2) is 24.3 Å². The first kappa shape index (κ1) is 18.4. The van der Waals surface area contributed by atoms with Crippen LogP contribution >= 0.6 is 0 Å². The van der Waals surface area contributed by atoms with E-state index in [0.717, 1.165) is 32.5 Å². The van der Waals surface area contributed by atoms with Gasteiger partial charge in [0.15, 0.2) is 0 Å². The summed E-state index contributed by atoms with van der Waals surface area (Å²) in [6.07, 6.45) is 6.01. The highest BCUT2D eigenvalue weighted by Crippen LogP contribution is 2.26. The normalized spacial score (nSPS) is 22.0. The molecule has 1 saturated heterocycles. The number of likely N-dealkylation sites (N-methyl/N-ethyl adjacent to an activating group) is 1. The van der Waals surface area contributed by atoms with Gasteiger partial charge in [-0.2, -0.15) is 0 Å². The predicted molar refractivity (Wildman–Crippen MR) is 103 cm³/mol. The van der Waals surface area contributed by atoms with E-state index in [-0.39, 0.29) is 0 Å². The highest BCUT2D eigenvalue weighted by molar-refractivity contribution is 5.78. The van der Waals surface area contributed by atoms with Gasteiger partial charge in [0, 0.05) is 31.7 Å². The molecule has 3 rings (SSSR count). The molecule has 1 aliphatic heterocycles. The van der Waals surface area contributed by atoms with E-state index in [1.165, 1.54) is 30.4 Å². The SMILES string of the molecule is Cc1ccc(CN(C(=O)CN2CC[C@@H](N(C)C)C2)C2CCCC2)cc1. The zero-order valence-corrected chi connectivity index (χ0v) is 16.1. The lowest BCUT2D eigenvalue weighted by atomic mass is 10.1. The van der Waals surface area contributed by atoms with Crippen LogP contribution < -0.4 is 0 Å². The third kappa shape index (κ3) is 4.83. The maximum absolute atomic E-state index is 13.1. The molecule has 1 amide bonds. The Balaban J connectivity index is 1.64. The number of hydrogen-bond donors (Lipinski definition) is 0. The molecule has 138 valence electrons. The monoisotopic (exact) mass is 343 g/mol. The molecule has 1 aromatic carbocycles. The van der Waals surface area contributed by atoms with Crippen molar-refractivity contribution >= 4 is 5.91 Å². The molecule has 0 unspecified atom stereocenters. The Hall–Kier alpha value is -1.39. The van der Waals surface area contributed by atoms with Gasteiger partial charge >= 0.3 is 0 Å². The number of likely N-dealkylation sites (tertiary alicyclic amines) is 1. The van der Waals surface area contributed by atoms with Gasteiger partial charge in [0.1, 0.15) is 0 Å². The molecule has 2 aliphatic rings. The Bertz CT molecular complexity index is 563. The first-order valence-corrected chi connectivity index (χ1v) is 9.76. The van der Waals surface area contributed by atoms with Gasteiger partial charge in [-0.1, -0.05) is 42.7 Å². The predicted octanol–water partition coefficient (Wildman–Crippen LogP) is 2.90. The van der Waals surface area contributed by atoms with Gasteiger partial charge < -0.3 is 9.80 Å². The molecule has 0 spiro atoms. The first-order valence-electron chi connectivity index (χ1n) is 9.76. The summed E-state index contributed by atoms with van der Waals surface area (Å²) in [6, 6.07) is 9.65. The van der Waals surface area contributed by atoms with E-state index < -0.39 is 0 Å². The Morgan fingerprint density at radius 3 is 2.36 bits per heavy atom. The Morgan fingerprint density at radius 2 is 1.76 bits per heavy atom. The molecular weight excluding hydrogens is 310 g/mol. The summed E-state index contributed by atoms with van der Waals surface area (Å²) >= 11 is 0. The van der Waals surface area contributed by atoms with Crippen molar-refractivity contribution in [3.63, 3.8) is 0 Å². The van der Waals surface area contributed by atoms with E-state index in [4.69, 9.17) is 0 Å². The molecule has 4 heteroatoms. The molecule has 0 bridgehead atoms. The van der Waals surface area contributed by atoms with E-state index in [1.54, 1.807) is 0 Å². The van der Waals surface area contributed by atoms with Gasteiger partial charge in [-0.25, -0.2) is 0 Å². The van der Waals surface area contributed by atoms with Gasteiger partial charge in [0.2, 0.25) is 5.91 Å². The smallest absolute Gasteiger partial charge is 0.237 e. The number of aryl methyl sites for hydroxylation is 1. The molecule has 1 atom stereocenters. The quantitative estimate of drug-likeness (QED) is 0.795. The standard InChI is InChI=1S/C21H33N3O/c1-17-8-10-18(11-9-17)14-24(19-6-4-5-7-19)21(25)16-23-13-12-20(15-23)22(2)3/h8-11,19-20H,4-7,12-16H2,1-3H3/t20-/m1/s1. The van der Waals surface area contributed by atoms with Crippen LogP contribution in [-0.4, -0.2) is 66.4 Å². The number of hydrogen-bond acceptors (Lipinski definition) is 3. The Kier molecular flexibility index (Phi) is 6.13. The summed E-state index contributed by atoms with van der Waals surface area (Å²) < 4.78 is 0. The second-order valence-corrected chi connectivity index (χ2v) is 8.09. The second kappa shape index (κ2) is 8.33. The molecule has 1 aromatic rings. The molecular formula is C21H33N3O. The highest BCUT2D eigenvalue weighted by Gasteiger charge is 2.30. The van der Waals surface area contributed by atoms with E-state index in [9.17, 15) is 4.79 Å². The highest BCUT2D eigenvalue weighted by atomic mass is 16.2. The number of amides is 1. The van der Waals surface area contributed by atoms with Gasteiger partial charge in [0.25, 0.3) is 0 Å². The van der Waals surface area contributed by atoms with Crippen LogP contribution in [0.25, 0.3) is 0 Å². The van der Waals surface area contributed by atoms with Crippen LogP contribution in [0.1, 0.15) is 43.2 Å². The van der Waals surface area contributed by atoms with Crippen molar-refractivity contribution in [1.29, 1.82) is 0 Å². The fourth-order valence-corrected chi connectivity index (χ4v) is 4.19. The van der Waals surface area contributed by atoms with Crippen LogP contribution in [0.3, 0.4) is 0 Å². The molecule has 0 N–H and O–H groups in total. The lowest BCUT2D eigenvalue weighted by Gasteiger charge is -2.31. The lowest BCUT2D eigenvalue weighted by molar-refractivity contribution is -0.135. The zero-order chi connectivity index (χ0) is 17.8. The summed E-state index contributed by atoms with van der Waals surface area (Å²) in [6.45, 7) is 5.50. The van der Waals surface area contributed by atoms with Crippen LogP contribution in [-0.2, 0) is 11.3 Å². The molecule has 2 fully saturated rings. The minimum absolute atomic E-state index is 0.312. The molecule has 0 radical (unpaired) electrons. The van der Waals surface area contributed by atoms with Gasteiger partial charge in [0.05, 0.1) is 6.54 Å². The third-order valence-corrected chi connectivity index (χ3v) is 5.90. The van der Waals surface area contributed by atoms with Crippen molar-refractivity contribution in [3.8, 4) is 0 Å². The van der Waals surface area contributed by atoms with Crippen LogP contribution in [0.4, 0.5) is 0 Å². The van der Waals surface area contributed by atoms with E-state index in [0.29, 0.717) is 24.5 Å². The summed E-state index contributed by atoms with van der Waals surface area (Å²) in [5, 5.41) is 0. The van der Waals surface area contributed by atoms with Crippen molar-refractivity contribution in [3.05, 3.63) is 35.4 Å². The first-order chi connectivity index (χ1) is 12.0. The van der Waals surface area contributed by atoms with Crippen molar-refractivity contribution in [2.45, 2.75) is 57.7 Å². The zero-order valence-electron chi connectivity index (χ0n) is 16.1. The lowest BCUT2D eigenvalue weighted by Crippen LogP contribution is -2.44. The molecule has 1 saturated carbocycles. The summed E-state index contributed by atoms with van der Waals surface area (Å²) in [4.78, 5) is 19.9. The van der Waals surface area contributed by atoms with Crippen LogP contribution in [0.2, 0.25) is 0 Å². The van der Waals surface area contributed by atoms with E-state index >= 15 is 0 Å². The minimum Gasteiger partial charge on any atom is -0.334 e. The molecule has 1 aliphatic carbocycles. The summed E-state index contributed by atoms with van der Waals surface area (Å²) in [5.74, 6) is 0.312. The van der Waals surface area contributed by atoms with Gasteiger partial charge in [-0.15, -0.1) is 0 Å². The second-order valence-electron chi connectivity index (χ2n) is 8.09. The number of carbonyl (C=O) groups excluding carboxylic acids is 1. The fraction of sp³-hybridized carbons (Fsp3) is 0.667. The Labute approximate surface area is 152 Å². The number of rotatable bonds is 6. The van der Waals surface area contributed by atoms with Crippen molar-refractivity contribution in [2.75, 3.05) is 33.7 Å². The topological polar surface area (TPSA) is 26.8 Å². The van der Waals surface area contributed by atoms with E-state index in [1.807, 2.05) is 0 Å². The third-order valence-electron chi connectivity index (χ3n) is 5.90. The number of nitrogens with zero attached hydrogens (tertiary/aromatic N) is 3. The Morgan fingerprint density at radius 1 is 1.08 bits per heavy atom. The maximum Gasteiger partial charge on any atom is 0.237 e. The number of carbonyl (C=O) groups is 1. The summed E-state index contributed by atoms with van der Waals surface area (Å²) in [5.41, 5.74) is 2.52. The van der Waals surface area contributed by atoms with Crippen molar-refractivity contribution in [1.82, 2.24) is 14.7 Å². The largest absolute Gasteiger partial charge is 0.334 e. The average molecular weight is 344 g/mol. The van der Waals surface area contributed by atoms with Crippen LogP contribution in [0.5, 0.6) is 0 Å². The van der Waals surface area contributed by atoms with Crippen molar-refractivity contribution < 1.29 is 4.79 Å². The van der Waals surface area contributed by atoms with Crippen molar-refractivity contribution in [2.24, 2.45) is 0 Å². The fourth-order valence-electron chi connectivity index (χ4n) is 4.19. The van der Waals surface area contributed by atoms with E-state index in [2.05, 4.69) is 60.0 Å². The molecule has 25 heavy (non-hydrogen) atoms. The van der Waals surface area contributed by atoms with Gasteiger partial charge in [-0.3, -0.25) is 9.69 Å². The number of benzene rings is 1. The molecule has 1 heterocycles.